The van der Waals surface area contributed by atoms with Gasteiger partial charge in [0.2, 0.25) is 11.8 Å². The summed E-state index contributed by atoms with van der Waals surface area (Å²) in [6.07, 6.45) is 1.88. The number of nitriles is 1. The highest BCUT2D eigenvalue weighted by Gasteiger charge is 2.35. The lowest BCUT2D eigenvalue weighted by atomic mass is 9.93. The number of methoxy groups -OCH3 is 1. The molecule has 0 amide bonds. The van der Waals surface area contributed by atoms with Crippen molar-refractivity contribution in [2.75, 3.05) is 13.7 Å². The van der Waals surface area contributed by atoms with Gasteiger partial charge in [0.25, 0.3) is 0 Å². The third-order valence-electron chi connectivity index (χ3n) is 4.82. The second-order valence-corrected chi connectivity index (χ2v) is 6.67. The fraction of sp³-hybridized carbons (Fsp3) is 0.190. The van der Waals surface area contributed by atoms with Crippen LogP contribution in [0.3, 0.4) is 0 Å². The normalized spacial score (nSPS) is 18.5. The van der Waals surface area contributed by atoms with E-state index >= 15 is 0 Å². The summed E-state index contributed by atoms with van der Waals surface area (Å²) in [5.41, 5.74) is 2.29. The zero-order valence-electron chi connectivity index (χ0n) is 15.2. The third kappa shape index (κ3) is 3.04. The van der Waals surface area contributed by atoms with Gasteiger partial charge in [-0.2, -0.15) is 5.26 Å². The number of nitrogens with one attached hydrogen (secondary N) is 2. The first-order valence-electron chi connectivity index (χ1n) is 8.65. The number of ether oxygens (including phenoxy) is 1. The van der Waals surface area contributed by atoms with Crippen molar-refractivity contribution in [3.8, 4) is 23.3 Å². The van der Waals surface area contributed by atoms with Gasteiger partial charge < -0.3 is 10.1 Å². The molecule has 0 aliphatic carbocycles. The van der Waals surface area contributed by atoms with Crippen LogP contribution in [-0.2, 0) is 5.54 Å². The van der Waals surface area contributed by atoms with Crippen molar-refractivity contribution in [3.05, 3.63) is 60.2 Å². The Bertz CT molecular complexity index is 1090. The molecule has 4 rings (SSSR count). The predicted octanol–water partition coefficient (Wildman–Crippen LogP) is 3.16. The van der Waals surface area contributed by atoms with Crippen LogP contribution in [0.15, 0.2) is 59.6 Å². The van der Waals surface area contributed by atoms with E-state index in [9.17, 15) is 0 Å². The predicted molar refractivity (Wildman–Crippen MR) is 105 cm³/mol. The van der Waals surface area contributed by atoms with Gasteiger partial charge in [-0.1, -0.05) is 36.4 Å². The Morgan fingerprint density at radius 3 is 2.74 bits per heavy atom. The second-order valence-electron chi connectivity index (χ2n) is 6.67. The third-order valence-corrected chi connectivity index (χ3v) is 4.82. The lowest BCUT2D eigenvalue weighted by Gasteiger charge is -2.26. The summed E-state index contributed by atoms with van der Waals surface area (Å²) in [4.78, 5) is 9.06. The summed E-state index contributed by atoms with van der Waals surface area (Å²) < 4.78 is 5.58. The molecule has 1 aliphatic heterocycles. The molecule has 1 aromatic heterocycles. The Kier molecular flexibility index (Phi) is 4.13. The minimum Gasteiger partial charge on any atom is -0.481 e. The number of pyridine rings is 1. The molecule has 0 saturated carbocycles. The molecule has 2 N–H and O–H groups in total. The van der Waals surface area contributed by atoms with E-state index in [1.165, 1.54) is 10.8 Å². The van der Waals surface area contributed by atoms with Crippen molar-refractivity contribution in [3.63, 3.8) is 0 Å². The van der Waals surface area contributed by atoms with Crippen LogP contribution in [0.1, 0.15) is 12.5 Å². The van der Waals surface area contributed by atoms with E-state index in [1.54, 1.807) is 7.11 Å². The monoisotopic (exact) mass is 357 g/mol. The Labute approximate surface area is 157 Å². The molecular weight excluding hydrogens is 338 g/mol. The Hall–Kier alpha value is -3.59. The number of guanidine groups is 1. The highest BCUT2D eigenvalue weighted by atomic mass is 16.5. The number of fused-ring (bicyclic) bond motifs is 1. The van der Waals surface area contributed by atoms with Crippen molar-refractivity contribution >= 4 is 16.7 Å². The zero-order valence-corrected chi connectivity index (χ0v) is 15.2. The first kappa shape index (κ1) is 16.9. The molecule has 3 aromatic rings. The van der Waals surface area contributed by atoms with Crippen LogP contribution in [0.2, 0.25) is 0 Å². The van der Waals surface area contributed by atoms with Gasteiger partial charge in [0.15, 0.2) is 6.19 Å². The molecule has 1 atom stereocenters. The molecule has 0 saturated heterocycles. The summed E-state index contributed by atoms with van der Waals surface area (Å²) in [6.45, 7) is 2.50. The van der Waals surface area contributed by atoms with Crippen LogP contribution in [-0.4, -0.2) is 24.6 Å². The highest BCUT2D eigenvalue weighted by Crippen LogP contribution is 2.33. The Morgan fingerprint density at radius 1 is 1.15 bits per heavy atom. The molecule has 0 radical (unpaired) electrons. The summed E-state index contributed by atoms with van der Waals surface area (Å²) in [5.74, 6) is 1.00. The number of nitrogens with zero attached hydrogens (tertiary/aromatic N) is 3. The topological polar surface area (TPSA) is 82.3 Å². The maximum Gasteiger partial charge on any atom is 0.219 e. The average molecular weight is 357 g/mol. The molecule has 0 spiro atoms. The van der Waals surface area contributed by atoms with Gasteiger partial charge in [-0.15, -0.1) is 0 Å². The SMILES string of the molecule is COc1nc(-c2ccc3ccccc3c2)ccc1C1(C)CN=C(NC#N)N1. The van der Waals surface area contributed by atoms with E-state index in [0.29, 0.717) is 18.4 Å². The smallest absolute Gasteiger partial charge is 0.219 e. The number of benzene rings is 2. The number of hydrogen-bond donors (Lipinski definition) is 2. The van der Waals surface area contributed by atoms with E-state index in [2.05, 4.69) is 46.0 Å². The number of rotatable bonds is 3. The van der Waals surface area contributed by atoms with Crippen molar-refractivity contribution in [1.29, 1.82) is 5.26 Å². The largest absolute Gasteiger partial charge is 0.481 e. The van der Waals surface area contributed by atoms with Crippen LogP contribution in [0.4, 0.5) is 0 Å². The fourth-order valence-corrected chi connectivity index (χ4v) is 3.38. The maximum atomic E-state index is 8.79. The van der Waals surface area contributed by atoms with E-state index in [-0.39, 0.29) is 0 Å². The molecule has 2 aromatic carbocycles. The summed E-state index contributed by atoms with van der Waals surface area (Å²) in [5, 5.41) is 16.9. The van der Waals surface area contributed by atoms with Crippen molar-refractivity contribution in [2.45, 2.75) is 12.5 Å². The number of aliphatic imine (C=N–C) groups is 1. The van der Waals surface area contributed by atoms with Gasteiger partial charge in [-0.25, -0.2) is 9.98 Å². The van der Waals surface area contributed by atoms with Crippen molar-refractivity contribution < 1.29 is 4.74 Å². The first-order chi connectivity index (χ1) is 13.1. The van der Waals surface area contributed by atoms with Crippen LogP contribution in [0, 0.1) is 11.5 Å². The van der Waals surface area contributed by atoms with E-state index in [0.717, 1.165) is 16.8 Å². The Balaban J connectivity index is 1.70. The van der Waals surface area contributed by atoms with E-state index < -0.39 is 5.54 Å². The molecule has 6 nitrogen and oxygen atoms in total. The standard InChI is InChI=1S/C21H19N5O/c1-21(12-23-20(26-21)24-13-22)17-9-10-18(25-19(17)27-2)16-8-7-14-5-3-4-6-15(14)11-16/h3-11H,12H2,1-2H3,(H2,23,24,26). The van der Waals surface area contributed by atoms with Gasteiger partial charge in [-0.05, 0) is 35.9 Å². The molecule has 134 valence electrons. The first-order valence-corrected chi connectivity index (χ1v) is 8.65. The van der Waals surface area contributed by atoms with Crippen molar-refractivity contribution in [2.24, 2.45) is 4.99 Å². The maximum absolute atomic E-state index is 8.79. The summed E-state index contributed by atoms with van der Waals surface area (Å²) >= 11 is 0. The molecule has 2 heterocycles. The van der Waals surface area contributed by atoms with E-state index in [1.807, 2.05) is 37.4 Å². The average Bonchev–Trinajstić information content (AvgIpc) is 3.09. The zero-order chi connectivity index (χ0) is 18.9. The molecule has 6 heteroatoms. The molecule has 1 unspecified atom stereocenters. The van der Waals surface area contributed by atoms with Crippen LogP contribution in [0.25, 0.3) is 22.0 Å². The Morgan fingerprint density at radius 2 is 1.96 bits per heavy atom. The quantitative estimate of drug-likeness (QED) is 0.556. The molecule has 27 heavy (non-hydrogen) atoms. The van der Waals surface area contributed by atoms with Crippen LogP contribution < -0.4 is 15.4 Å². The highest BCUT2D eigenvalue weighted by molar-refractivity contribution is 5.87. The fourth-order valence-electron chi connectivity index (χ4n) is 3.38. The molecule has 0 fully saturated rings. The van der Waals surface area contributed by atoms with Crippen LogP contribution >= 0.6 is 0 Å². The van der Waals surface area contributed by atoms with Crippen molar-refractivity contribution in [1.82, 2.24) is 15.6 Å². The summed E-state index contributed by atoms with van der Waals surface area (Å²) in [7, 11) is 1.61. The van der Waals surface area contributed by atoms with Gasteiger partial charge in [0.05, 0.1) is 24.9 Å². The van der Waals surface area contributed by atoms with Crippen LogP contribution in [0.5, 0.6) is 5.88 Å². The van der Waals surface area contributed by atoms with Gasteiger partial charge in [-0.3, -0.25) is 5.32 Å². The van der Waals surface area contributed by atoms with E-state index in [4.69, 9.17) is 15.0 Å². The minimum atomic E-state index is -0.487. The lowest BCUT2D eigenvalue weighted by Crippen LogP contribution is -2.44. The lowest BCUT2D eigenvalue weighted by molar-refractivity contribution is 0.369. The van der Waals surface area contributed by atoms with Gasteiger partial charge in [0, 0.05) is 11.1 Å². The minimum absolute atomic E-state index is 0.459. The molecular formula is C21H19N5O. The summed E-state index contributed by atoms with van der Waals surface area (Å²) in [6, 6.07) is 18.5. The number of hydrogen-bond acceptors (Lipinski definition) is 6. The second kappa shape index (κ2) is 6.61. The van der Waals surface area contributed by atoms with Gasteiger partial charge in [0.1, 0.15) is 0 Å². The molecule has 0 bridgehead atoms. The van der Waals surface area contributed by atoms with Gasteiger partial charge >= 0.3 is 0 Å². The number of aromatic nitrogens is 1. The molecule has 1 aliphatic rings.